The molecule has 3 aliphatic rings. The van der Waals surface area contributed by atoms with E-state index in [1.54, 1.807) is 0 Å². The van der Waals surface area contributed by atoms with Crippen molar-refractivity contribution >= 4 is 35.5 Å². The monoisotopic (exact) mass is 619 g/mol. The summed E-state index contributed by atoms with van der Waals surface area (Å²) in [6.45, 7) is 13.3. The first-order valence-electron chi connectivity index (χ1n) is 16.2. The molecule has 3 fully saturated rings. The number of carbonyl (C=O) groups excluding carboxylic acids is 6. The van der Waals surface area contributed by atoms with Crippen LogP contribution >= 0.6 is 0 Å². The molecule has 12 heteroatoms. The lowest BCUT2D eigenvalue weighted by Crippen LogP contribution is -2.62. The number of hydrogen-bond acceptors (Lipinski definition) is 7. The standard InChI is InChI=1S/C32H53N5O7/c1-17(2)21-14-15-37(24(21)28(40)34-22(16-19-12-13-19)25(38)27(33)39)29(41)26(32(5,6)7)36-31(43)35-23(18(3)4)30(42)44-20-10-8-9-11-20/h17-24,26H,8-16H2,1-7H3,(H2,33,39)(H,34,40)(H2,35,36,43)/t21?,22?,23-,24-,26+/m0/s1. The molecular weight excluding hydrogens is 566 g/mol. The SMILES string of the molecule is CC(C)C1CCN(C(=O)[C@@H](NC(=O)N[C@H](C(=O)OC2CCCC2)C(C)C)C(C)(C)C)[C@@H]1C(=O)NC(CC1CC1)C(=O)C(N)=O. The third-order valence-electron chi connectivity index (χ3n) is 9.18. The maximum Gasteiger partial charge on any atom is 0.329 e. The molecule has 12 nitrogen and oxygen atoms in total. The number of hydrogen-bond donors (Lipinski definition) is 4. The molecule has 5 atom stereocenters. The van der Waals surface area contributed by atoms with Crippen molar-refractivity contribution in [1.82, 2.24) is 20.9 Å². The molecule has 248 valence electrons. The van der Waals surface area contributed by atoms with Gasteiger partial charge in [-0.15, -0.1) is 0 Å². The number of primary amides is 1. The molecule has 1 saturated heterocycles. The molecule has 2 saturated carbocycles. The van der Waals surface area contributed by atoms with E-state index in [2.05, 4.69) is 16.0 Å². The molecule has 0 aromatic carbocycles. The molecular formula is C32H53N5O7. The molecule has 0 spiro atoms. The lowest BCUT2D eigenvalue weighted by molar-refractivity contribution is -0.152. The molecule has 2 aliphatic carbocycles. The van der Waals surface area contributed by atoms with Crippen LogP contribution in [0.1, 0.15) is 99.8 Å². The van der Waals surface area contributed by atoms with Crippen molar-refractivity contribution in [2.75, 3.05) is 6.54 Å². The maximum atomic E-state index is 14.2. The third kappa shape index (κ3) is 9.17. The fourth-order valence-electron chi connectivity index (χ4n) is 6.31. The second kappa shape index (κ2) is 14.7. The minimum atomic E-state index is -1.11. The number of carbonyl (C=O) groups is 6. The van der Waals surface area contributed by atoms with Gasteiger partial charge in [0.05, 0.1) is 6.04 Å². The topological polar surface area (TPSA) is 177 Å². The summed E-state index contributed by atoms with van der Waals surface area (Å²) in [5.41, 5.74) is 4.53. The number of ketones is 1. The highest BCUT2D eigenvalue weighted by atomic mass is 16.5. The van der Waals surface area contributed by atoms with Gasteiger partial charge in [-0.1, -0.05) is 61.3 Å². The highest BCUT2D eigenvalue weighted by molar-refractivity contribution is 6.37. The van der Waals surface area contributed by atoms with Crippen LogP contribution in [-0.4, -0.2) is 77.2 Å². The first-order valence-corrected chi connectivity index (χ1v) is 16.2. The zero-order valence-electron chi connectivity index (χ0n) is 27.4. The van der Waals surface area contributed by atoms with Crippen molar-refractivity contribution in [2.24, 2.45) is 34.8 Å². The van der Waals surface area contributed by atoms with Crippen LogP contribution in [0, 0.1) is 29.1 Å². The van der Waals surface area contributed by atoms with Crippen molar-refractivity contribution in [2.45, 2.75) is 130 Å². The Morgan fingerprint density at radius 1 is 0.886 bits per heavy atom. The van der Waals surface area contributed by atoms with E-state index in [4.69, 9.17) is 10.5 Å². The first-order chi connectivity index (χ1) is 20.5. The zero-order chi connectivity index (χ0) is 32.9. The van der Waals surface area contributed by atoms with Gasteiger partial charge in [-0.3, -0.25) is 19.2 Å². The number of ether oxygens (including phenoxy) is 1. The molecule has 5 N–H and O–H groups in total. The molecule has 1 aliphatic heterocycles. The zero-order valence-corrected chi connectivity index (χ0v) is 27.4. The maximum absolute atomic E-state index is 14.2. The minimum Gasteiger partial charge on any atom is -0.461 e. The Hall–Kier alpha value is -3.18. The van der Waals surface area contributed by atoms with Gasteiger partial charge in [0.25, 0.3) is 5.91 Å². The van der Waals surface area contributed by atoms with Gasteiger partial charge < -0.3 is 31.3 Å². The van der Waals surface area contributed by atoms with Crippen molar-refractivity contribution in [1.29, 1.82) is 0 Å². The smallest absolute Gasteiger partial charge is 0.329 e. The average molecular weight is 620 g/mol. The summed E-state index contributed by atoms with van der Waals surface area (Å²) in [6, 6.07) is -4.55. The van der Waals surface area contributed by atoms with Gasteiger partial charge in [-0.05, 0) is 67.6 Å². The second-order valence-corrected chi connectivity index (χ2v) is 14.6. The number of rotatable bonds is 13. The van der Waals surface area contributed by atoms with Crippen LogP contribution < -0.4 is 21.7 Å². The Labute approximate surface area is 261 Å². The normalized spacial score (nSPS) is 22.8. The lowest BCUT2D eigenvalue weighted by atomic mass is 9.84. The van der Waals surface area contributed by atoms with E-state index in [0.29, 0.717) is 12.8 Å². The van der Waals surface area contributed by atoms with E-state index in [1.807, 2.05) is 48.5 Å². The predicted molar refractivity (Wildman–Crippen MR) is 164 cm³/mol. The Morgan fingerprint density at radius 3 is 2.00 bits per heavy atom. The predicted octanol–water partition coefficient (Wildman–Crippen LogP) is 2.42. The highest BCUT2D eigenvalue weighted by Gasteiger charge is 2.48. The van der Waals surface area contributed by atoms with E-state index in [0.717, 1.165) is 38.5 Å². The van der Waals surface area contributed by atoms with Gasteiger partial charge in [0, 0.05) is 6.54 Å². The number of nitrogens with two attached hydrogens (primary N) is 1. The molecule has 1 heterocycles. The first kappa shape index (κ1) is 35.3. The second-order valence-electron chi connectivity index (χ2n) is 14.6. The van der Waals surface area contributed by atoms with Crippen molar-refractivity contribution < 1.29 is 33.5 Å². The van der Waals surface area contributed by atoms with Gasteiger partial charge in [-0.25, -0.2) is 9.59 Å². The molecule has 44 heavy (non-hydrogen) atoms. The van der Waals surface area contributed by atoms with E-state index in [9.17, 15) is 28.8 Å². The molecule has 5 amide bonds. The Morgan fingerprint density at radius 2 is 1.50 bits per heavy atom. The number of nitrogens with zero attached hydrogens (tertiary/aromatic N) is 1. The Balaban J connectivity index is 1.78. The van der Waals surface area contributed by atoms with Crippen LogP contribution in [0.25, 0.3) is 0 Å². The largest absolute Gasteiger partial charge is 0.461 e. The number of esters is 1. The van der Waals surface area contributed by atoms with Gasteiger partial charge in [0.15, 0.2) is 0 Å². The van der Waals surface area contributed by atoms with E-state index in [1.165, 1.54) is 4.90 Å². The number of Topliss-reactive ketones (excluding diaryl/α,β-unsaturated/α-hetero) is 1. The highest BCUT2D eigenvalue weighted by Crippen LogP contribution is 2.35. The fraction of sp³-hybridized carbons (Fsp3) is 0.812. The van der Waals surface area contributed by atoms with Crippen LogP contribution in [0.3, 0.4) is 0 Å². The van der Waals surface area contributed by atoms with Crippen LogP contribution in [0.5, 0.6) is 0 Å². The molecule has 0 radical (unpaired) electrons. The van der Waals surface area contributed by atoms with E-state index in [-0.39, 0.29) is 36.3 Å². The van der Waals surface area contributed by atoms with Gasteiger partial charge in [-0.2, -0.15) is 0 Å². The average Bonchev–Trinajstić information content (AvgIpc) is 3.39. The molecule has 0 aromatic rings. The molecule has 2 unspecified atom stereocenters. The van der Waals surface area contributed by atoms with Crippen LogP contribution in [0.2, 0.25) is 0 Å². The number of nitrogens with one attached hydrogen (secondary N) is 3. The van der Waals surface area contributed by atoms with Gasteiger partial charge in [0.2, 0.25) is 17.6 Å². The van der Waals surface area contributed by atoms with E-state index < -0.39 is 65.1 Å². The quantitative estimate of drug-likeness (QED) is 0.181. The molecule has 3 rings (SSSR count). The Kier molecular flexibility index (Phi) is 11.8. The summed E-state index contributed by atoms with van der Waals surface area (Å²) in [6.07, 6.45) is 6.19. The summed E-state index contributed by atoms with van der Waals surface area (Å²) < 4.78 is 5.65. The number of urea groups is 1. The summed E-state index contributed by atoms with van der Waals surface area (Å²) in [4.78, 5) is 80.0. The van der Waals surface area contributed by atoms with Gasteiger partial charge in [0.1, 0.15) is 24.2 Å². The Bertz CT molecular complexity index is 1090. The van der Waals surface area contributed by atoms with Gasteiger partial charge >= 0.3 is 12.0 Å². The van der Waals surface area contributed by atoms with Crippen LogP contribution in [0.4, 0.5) is 4.79 Å². The van der Waals surface area contributed by atoms with Crippen molar-refractivity contribution in [3.8, 4) is 0 Å². The molecule has 0 bridgehead atoms. The van der Waals surface area contributed by atoms with E-state index >= 15 is 0 Å². The minimum absolute atomic E-state index is 0.0410. The third-order valence-corrected chi connectivity index (χ3v) is 9.18. The lowest BCUT2D eigenvalue weighted by Gasteiger charge is -2.37. The summed E-state index contributed by atoms with van der Waals surface area (Å²) in [7, 11) is 0. The summed E-state index contributed by atoms with van der Waals surface area (Å²) in [5.74, 6) is -3.57. The fourth-order valence-corrected chi connectivity index (χ4v) is 6.31. The summed E-state index contributed by atoms with van der Waals surface area (Å²) >= 11 is 0. The number of amides is 5. The molecule has 0 aromatic heterocycles. The van der Waals surface area contributed by atoms with Crippen LogP contribution in [-0.2, 0) is 28.7 Å². The number of likely N-dealkylation sites (tertiary alicyclic amines) is 1. The van der Waals surface area contributed by atoms with Crippen molar-refractivity contribution in [3.63, 3.8) is 0 Å². The van der Waals surface area contributed by atoms with Crippen molar-refractivity contribution in [3.05, 3.63) is 0 Å². The van der Waals surface area contributed by atoms with Crippen LogP contribution in [0.15, 0.2) is 0 Å². The summed E-state index contributed by atoms with van der Waals surface area (Å²) in [5, 5.41) is 8.25.